The monoisotopic (exact) mass is 260 g/mol. The number of carbonyl (C=O) groups excluding carboxylic acids is 2. The molecule has 0 N–H and O–H groups in total. The van der Waals surface area contributed by atoms with Crippen LogP contribution in [0.15, 0.2) is 24.3 Å². The Labute approximate surface area is 89.0 Å². The maximum absolute atomic E-state index is 11.1. The van der Waals surface area contributed by atoms with Crippen LogP contribution in [0.1, 0.15) is 20.7 Å². The smallest absolute Gasteiger partial charge is 0.252 e. The lowest BCUT2D eigenvalue weighted by Crippen LogP contribution is -2.00. The third-order valence-electron chi connectivity index (χ3n) is 1.56. The molecular formula is C9H6BrClO2. The van der Waals surface area contributed by atoms with Crippen LogP contribution in [-0.2, 0) is 0 Å². The number of Topliss-reactive ketones (excluding diaryl/α,β-unsaturated/α-hetero) is 1. The molecule has 0 bridgehead atoms. The fraction of sp³-hybridized carbons (Fsp3) is 0.111. The van der Waals surface area contributed by atoms with Gasteiger partial charge in [-0.15, -0.1) is 0 Å². The molecule has 0 radical (unpaired) electrons. The average molecular weight is 262 g/mol. The number of benzene rings is 1. The molecule has 1 rings (SSSR count). The normalized spacial score (nSPS) is 9.69. The summed E-state index contributed by atoms with van der Waals surface area (Å²) in [5, 5.41) is -0.237. The summed E-state index contributed by atoms with van der Waals surface area (Å²) in [7, 11) is 0. The molecule has 0 amide bonds. The Hall–Kier alpha value is -0.670. The van der Waals surface area contributed by atoms with Gasteiger partial charge in [0.15, 0.2) is 5.78 Å². The van der Waals surface area contributed by atoms with Crippen LogP contribution in [0.5, 0.6) is 0 Å². The number of rotatable bonds is 3. The molecule has 0 heterocycles. The lowest BCUT2D eigenvalue weighted by atomic mass is 10.1. The van der Waals surface area contributed by atoms with E-state index in [0.717, 1.165) is 0 Å². The fourth-order valence-electron chi connectivity index (χ4n) is 0.864. The molecule has 0 atom stereocenters. The zero-order valence-electron chi connectivity index (χ0n) is 6.59. The maximum atomic E-state index is 11.1. The van der Waals surface area contributed by atoms with Gasteiger partial charge in [0, 0.05) is 11.1 Å². The van der Waals surface area contributed by atoms with Crippen molar-refractivity contribution < 1.29 is 9.59 Å². The van der Waals surface area contributed by atoms with Crippen LogP contribution in [0.2, 0.25) is 0 Å². The number of hydrogen-bond acceptors (Lipinski definition) is 2. The Morgan fingerprint density at radius 2 is 1.62 bits per heavy atom. The molecular weight excluding hydrogens is 255 g/mol. The molecule has 0 spiro atoms. The molecule has 13 heavy (non-hydrogen) atoms. The minimum atomic E-state index is -0.516. The first-order valence-corrected chi connectivity index (χ1v) is 5.04. The first-order chi connectivity index (χ1) is 6.15. The second-order valence-corrected chi connectivity index (χ2v) is 3.31. The SMILES string of the molecule is O=C(Cl)c1ccc(C(=O)CBr)cc1. The zero-order valence-corrected chi connectivity index (χ0v) is 8.93. The molecule has 0 saturated carbocycles. The van der Waals surface area contributed by atoms with Gasteiger partial charge in [-0.25, -0.2) is 0 Å². The molecule has 68 valence electrons. The van der Waals surface area contributed by atoms with Gasteiger partial charge >= 0.3 is 0 Å². The third kappa shape index (κ3) is 2.64. The molecule has 2 nitrogen and oxygen atoms in total. The van der Waals surface area contributed by atoms with Crippen molar-refractivity contribution in [3.05, 3.63) is 35.4 Å². The lowest BCUT2D eigenvalue weighted by molar-refractivity contribution is 0.102. The van der Waals surface area contributed by atoms with Gasteiger partial charge in [-0.05, 0) is 23.7 Å². The van der Waals surface area contributed by atoms with Gasteiger partial charge in [-0.3, -0.25) is 9.59 Å². The molecule has 1 aromatic carbocycles. The van der Waals surface area contributed by atoms with Crippen LogP contribution in [0.25, 0.3) is 0 Å². The molecule has 0 saturated heterocycles. The summed E-state index contributed by atoms with van der Waals surface area (Å²) in [4.78, 5) is 21.8. The predicted molar refractivity (Wildman–Crippen MR) is 54.8 cm³/mol. The first-order valence-electron chi connectivity index (χ1n) is 3.54. The van der Waals surface area contributed by atoms with Gasteiger partial charge < -0.3 is 0 Å². The Balaban J connectivity index is 2.93. The van der Waals surface area contributed by atoms with Crippen molar-refractivity contribution in [3.8, 4) is 0 Å². The number of ketones is 1. The average Bonchev–Trinajstić information content (AvgIpc) is 2.17. The lowest BCUT2D eigenvalue weighted by Gasteiger charge is -1.97. The largest absolute Gasteiger partial charge is 0.293 e. The van der Waals surface area contributed by atoms with E-state index in [1.54, 1.807) is 12.1 Å². The van der Waals surface area contributed by atoms with E-state index in [2.05, 4.69) is 15.9 Å². The molecule has 1 aromatic rings. The summed E-state index contributed by atoms with van der Waals surface area (Å²) in [6.07, 6.45) is 0. The number of hydrogen-bond donors (Lipinski definition) is 0. The zero-order chi connectivity index (χ0) is 9.84. The van der Waals surface area contributed by atoms with Crippen molar-refractivity contribution in [2.75, 3.05) is 5.33 Å². The highest BCUT2D eigenvalue weighted by Crippen LogP contribution is 2.08. The van der Waals surface area contributed by atoms with Crippen molar-refractivity contribution in [2.24, 2.45) is 0 Å². The molecule has 0 aliphatic carbocycles. The van der Waals surface area contributed by atoms with Gasteiger partial charge in [0.05, 0.1) is 5.33 Å². The highest BCUT2D eigenvalue weighted by Gasteiger charge is 2.05. The number of alkyl halides is 1. The van der Waals surface area contributed by atoms with Crippen LogP contribution in [0.3, 0.4) is 0 Å². The van der Waals surface area contributed by atoms with Crippen molar-refractivity contribution >= 4 is 38.6 Å². The van der Waals surface area contributed by atoms with Crippen LogP contribution in [-0.4, -0.2) is 16.4 Å². The molecule has 0 aliphatic heterocycles. The minimum absolute atomic E-state index is 0.0198. The van der Waals surface area contributed by atoms with E-state index in [0.29, 0.717) is 11.1 Å². The number of carbonyl (C=O) groups is 2. The van der Waals surface area contributed by atoms with Crippen molar-refractivity contribution in [1.29, 1.82) is 0 Å². The summed E-state index contributed by atoms with van der Waals surface area (Å²) in [6.45, 7) is 0. The number of halogens is 2. The van der Waals surface area contributed by atoms with Gasteiger partial charge in [0.1, 0.15) is 0 Å². The van der Waals surface area contributed by atoms with E-state index >= 15 is 0 Å². The van der Waals surface area contributed by atoms with Gasteiger partial charge in [0.25, 0.3) is 5.24 Å². The van der Waals surface area contributed by atoms with E-state index in [1.807, 2.05) is 0 Å². The highest BCUT2D eigenvalue weighted by molar-refractivity contribution is 9.09. The predicted octanol–water partition coefficient (Wildman–Crippen LogP) is 2.64. The fourth-order valence-corrected chi connectivity index (χ4v) is 1.31. The van der Waals surface area contributed by atoms with Crippen molar-refractivity contribution in [3.63, 3.8) is 0 Å². The minimum Gasteiger partial charge on any atom is -0.293 e. The second kappa shape index (κ2) is 4.53. The van der Waals surface area contributed by atoms with Gasteiger partial charge in [0.2, 0.25) is 0 Å². The molecule has 0 aromatic heterocycles. The van der Waals surface area contributed by atoms with Crippen LogP contribution in [0, 0.1) is 0 Å². The third-order valence-corrected chi connectivity index (χ3v) is 2.28. The van der Waals surface area contributed by atoms with E-state index in [9.17, 15) is 9.59 Å². The van der Waals surface area contributed by atoms with Crippen LogP contribution >= 0.6 is 27.5 Å². The molecule has 0 aliphatic rings. The maximum Gasteiger partial charge on any atom is 0.252 e. The van der Waals surface area contributed by atoms with Crippen LogP contribution < -0.4 is 0 Å². The summed E-state index contributed by atoms with van der Waals surface area (Å²) < 4.78 is 0. The Kier molecular flexibility index (Phi) is 3.63. The molecule has 0 unspecified atom stereocenters. The Morgan fingerprint density at radius 1 is 1.15 bits per heavy atom. The summed E-state index contributed by atoms with van der Waals surface area (Å²) >= 11 is 8.29. The Bertz CT molecular complexity index is 332. The quantitative estimate of drug-likeness (QED) is 0.476. The summed E-state index contributed by atoms with van der Waals surface area (Å²) in [5.74, 6) is -0.0198. The van der Waals surface area contributed by atoms with E-state index in [1.165, 1.54) is 12.1 Å². The highest BCUT2D eigenvalue weighted by atomic mass is 79.9. The van der Waals surface area contributed by atoms with Crippen molar-refractivity contribution in [1.82, 2.24) is 0 Å². The van der Waals surface area contributed by atoms with E-state index in [-0.39, 0.29) is 11.1 Å². The Morgan fingerprint density at radius 3 is 2.00 bits per heavy atom. The molecule has 4 heteroatoms. The van der Waals surface area contributed by atoms with Crippen LogP contribution in [0.4, 0.5) is 0 Å². The summed E-state index contributed by atoms with van der Waals surface area (Å²) in [5.41, 5.74) is 0.964. The standard InChI is InChI=1S/C9H6BrClO2/c10-5-8(12)6-1-3-7(4-2-6)9(11)13/h1-4H,5H2. The topological polar surface area (TPSA) is 34.1 Å². The van der Waals surface area contributed by atoms with Gasteiger partial charge in [-0.1, -0.05) is 28.1 Å². The van der Waals surface area contributed by atoms with Gasteiger partial charge in [-0.2, -0.15) is 0 Å². The van der Waals surface area contributed by atoms with Crippen molar-refractivity contribution in [2.45, 2.75) is 0 Å². The van der Waals surface area contributed by atoms with E-state index < -0.39 is 5.24 Å². The second-order valence-electron chi connectivity index (χ2n) is 2.41. The molecule has 0 fully saturated rings. The summed E-state index contributed by atoms with van der Waals surface area (Å²) in [6, 6.07) is 6.23. The van der Waals surface area contributed by atoms with E-state index in [4.69, 9.17) is 11.6 Å². The first kappa shape index (κ1) is 10.4.